The zero-order valence-corrected chi connectivity index (χ0v) is 10.1. The Balaban J connectivity index is 1.51. The highest BCUT2D eigenvalue weighted by molar-refractivity contribution is 4.93. The molecular formula is C13H24N2O. The molecule has 1 unspecified atom stereocenters. The molecule has 2 bridgehead atoms. The van der Waals surface area contributed by atoms with Gasteiger partial charge in [-0.05, 0) is 57.5 Å². The molecular weight excluding hydrogens is 200 g/mol. The van der Waals surface area contributed by atoms with E-state index in [1.165, 1.54) is 45.3 Å². The molecule has 0 aromatic heterocycles. The van der Waals surface area contributed by atoms with Crippen molar-refractivity contribution in [3.05, 3.63) is 0 Å². The molecule has 0 spiro atoms. The van der Waals surface area contributed by atoms with E-state index >= 15 is 0 Å². The van der Waals surface area contributed by atoms with Crippen molar-refractivity contribution < 1.29 is 5.11 Å². The summed E-state index contributed by atoms with van der Waals surface area (Å²) in [4.78, 5) is 2.61. The van der Waals surface area contributed by atoms with Crippen LogP contribution in [0.3, 0.4) is 0 Å². The average Bonchev–Trinajstić information content (AvgIpc) is 2.34. The Morgan fingerprint density at radius 1 is 0.938 bits per heavy atom. The lowest BCUT2D eigenvalue weighted by Crippen LogP contribution is -2.58. The van der Waals surface area contributed by atoms with Gasteiger partial charge in [-0.3, -0.25) is 0 Å². The molecule has 1 saturated carbocycles. The summed E-state index contributed by atoms with van der Waals surface area (Å²) in [5, 5.41) is 13.4. The Morgan fingerprint density at radius 2 is 1.62 bits per heavy atom. The molecule has 3 nitrogen and oxygen atoms in total. The highest BCUT2D eigenvalue weighted by Gasteiger charge is 2.35. The third-order valence-electron chi connectivity index (χ3n) is 4.80. The molecule has 4 aliphatic rings. The maximum atomic E-state index is 9.50. The Labute approximate surface area is 98.2 Å². The summed E-state index contributed by atoms with van der Waals surface area (Å²) in [5.74, 6) is 0.928. The Kier molecular flexibility index (Phi) is 3.18. The van der Waals surface area contributed by atoms with Crippen molar-refractivity contribution in [1.82, 2.24) is 10.2 Å². The number of hydrogen-bond donors (Lipinski definition) is 2. The molecule has 3 heterocycles. The van der Waals surface area contributed by atoms with E-state index in [0.717, 1.165) is 24.8 Å². The van der Waals surface area contributed by atoms with Crippen molar-refractivity contribution >= 4 is 0 Å². The molecule has 3 heteroatoms. The van der Waals surface area contributed by atoms with Crippen molar-refractivity contribution in [3.8, 4) is 0 Å². The van der Waals surface area contributed by atoms with Crippen molar-refractivity contribution in [1.29, 1.82) is 0 Å². The average molecular weight is 224 g/mol. The van der Waals surface area contributed by atoms with Crippen LogP contribution in [0.4, 0.5) is 0 Å². The smallest absolute Gasteiger partial charge is 0.0541 e. The first-order valence-corrected chi connectivity index (χ1v) is 6.98. The predicted octanol–water partition coefficient (Wildman–Crippen LogP) is 0.974. The number of aliphatic hydroxyl groups excluding tert-OH is 1. The summed E-state index contributed by atoms with van der Waals surface area (Å²) >= 11 is 0. The van der Waals surface area contributed by atoms with Gasteiger partial charge in [-0.2, -0.15) is 0 Å². The summed E-state index contributed by atoms with van der Waals surface area (Å²) in [6.45, 7) is 3.92. The van der Waals surface area contributed by atoms with Crippen LogP contribution in [0.15, 0.2) is 0 Å². The minimum atomic E-state index is -0.0235. The van der Waals surface area contributed by atoms with E-state index < -0.39 is 0 Å². The van der Waals surface area contributed by atoms with Crippen molar-refractivity contribution in [2.75, 3.05) is 19.6 Å². The molecule has 4 fully saturated rings. The molecule has 0 aromatic carbocycles. The first-order chi connectivity index (χ1) is 7.81. The quantitative estimate of drug-likeness (QED) is 0.734. The van der Waals surface area contributed by atoms with Gasteiger partial charge in [0, 0.05) is 18.6 Å². The normalized spacial score (nSPS) is 48.2. The van der Waals surface area contributed by atoms with Gasteiger partial charge in [0.2, 0.25) is 0 Å². The molecule has 0 radical (unpaired) electrons. The summed E-state index contributed by atoms with van der Waals surface area (Å²) in [7, 11) is 0. The van der Waals surface area contributed by atoms with Gasteiger partial charge in [-0.25, -0.2) is 0 Å². The molecule has 3 saturated heterocycles. The maximum Gasteiger partial charge on any atom is 0.0541 e. The van der Waals surface area contributed by atoms with E-state index in [1.807, 2.05) is 0 Å². The number of nitrogens with zero attached hydrogens (tertiary/aromatic N) is 1. The second-order valence-corrected chi connectivity index (χ2v) is 5.92. The van der Waals surface area contributed by atoms with Crippen molar-refractivity contribution in [3.63, 3.8) is 0 Å². The number of rotatable bonds is 2. The fraction of sp³-hybridized carbons (Fsp3) is 1.00. The zero-order valence-electron chi connectivity index (χ0n) is 10.1. The third kappa shape index (κ3) is 2.27. The van der Waals surface area contributed by atoms with Crippen LogP contribution in [-0.2, 0) is 0 Å². The lowest BCUT2D eigenvalue weighted by molar-refractivity contribution is 0.0554. The lowest BCUT2D eigenvalue weighted by Gasteiger charge is -2.46. The standard InChI is InChI=1S/C13H24N2O/c16-12-3-1-11(2-4-12)14-13-9-15-7-5-10(13)6-8-15/h10-14,16H,1-9H2. The summed E-state index contributed by atoms with van der Waals surface area (Å²) in [5.41, 5.74) is 0. The van der Waals surface area contributed by atoms with Gasteiger partial charge < -0.3 is 15.3 Å². The highest BCUT2D eigenvalue weighted by atomic mass is 16.3. The van der Waals surface area contributed by atoms with Gasteiger partial charge in [-0.15, -0.1) is 0 Å². The second kappa shape index (κ2) is 4.63. The summed E-state index contributed by atoms with van der Waals surface area (Å²) in [6.07, 6.45) is 7.11. The Morgan fingerprint density at radius 3 is 2.19 bits per heavy atom. The Bertz CT molecular complexity index is 230. The first-order valence-electron chi connectivity index (χ1n) is 6.98. The molecule has 0 amide bonds. The van der Waals surface area contributed by atoms with E-state index in [1.54, 1.807) is 0 Å². The lowest BCUT2D eigenvalue weighted by atomic mass is 9.82. The first kappa shape index (κ1) is 11.0. The van der Waals surface area contributed by atoms with Crippen molar-refractivity contribution in [2.24, 2.45) is 5.92 Å². The summed E-state index contributed by atoms with van der Waals surface area (Å²) < 4.78 is 0. The SMILES string of the molecule is OC1CCC(NC2CN3CCC2CC3)CC1. The van der Waals surface area contributed by atoms with Crippen LogP contribution in [0.25, 0.3) is 0 Å². The fourth-order valence-electron chi connectivity index (χ4n) is 3.70. The van der Waals surface area contributed by atoms with Crippen LogP contribution < -0.4 is 5.32 Å². The van der Waals surface area contributed by atoms with Crippen LogP contribution >= 0.6 is 0 Å². The van der Waals surface area contributed by atoms with Crippen LogP contribution in [0.5, 0.6) is 0 Å². The number of piperidine rings is 3. The van der Waals surface area contributed by atoms with E-state index in [9.17, 15) is 5.11 Å². The Hall–Kier alpha value is -0.120. The predicted molar refractivity (Wildman–Crippen MR) is 64.4 cm³/mol. The van der Waals surface area contributed by atoms with Gasteiger partial charge in [0.15, 0.2) is 0 Å². The highest BCUT2D eigenvalue weighted by Crippen LogP contribution is 2.29. The van der Waals surface area contributed by atoms with E-state index in [0.29, 0.717) is 6.04 Å². The van der Waals surface area contributed by atoms with Crippen LogP contribution in [0.1, 0.15) is 38.5 Å². The van der Waals surface area contributed by atoms with E-state index in [2.05, 4.69) is 10.2 Å². The van der Waals surface area contributed by atoms with Gasteiger partial charge in [0.05, 0.1) is 6.10 Å². The third-order valence-corrected chi connectivity index (χ3v) is 4.80. The number of hydrogen-bond acceptors (Lipinski definition) is 3. The van der Waals surface area contributed by atoms with Gasteiger partial charge in [-0.1, -0.05) is 0 Å². The number of fused-ring (bicyclic) bond motifs is 3. The molecule has 4 rings (SSSR count). The molecule has 1 aliphatic carbocycles. The van der Waals surface area contributed by atoms with Crippen LogP contribution in [0, 0.1) is 5.92 Å². The molecule has 1 atom stereocenters. The fourth-order valence-corrected chi connectivity index (χ4v) is 3.70. The van der Waals surface area contributed by atoms with E-state index in [-0.39, 0.29) is 6.10 Å². The molecule has 0 aromatic rings. The van der Waals surface area contributed by atoms with Crippen LogP contribution in [0.2, 0.25) is 0 Å². The van der Waals surface area contributed by atoms with Gasteiger partial charge >= 0.3 is 0 Å². The largest absolute Gasteiger partial charge is 0.393 e. The molecule has 16 heavy (non-hydrogen) atoms. The minimum absolute atomic E-state index is 0.0235. The summed E-state index contributed by atoms with van der Waals surface area (Å²) in [6, 6.07) is 1.41. The zero-order chi connectivity index (χ0) is 11.0. The van der Waals surface area contributed by atoms with Crippen molar-refractivity contribution in [2.45, 2.75) is 56.7 Å². The maximum absolute atomic E-state index is 9.50. The molecule has 2 N–H and O–H groups in total. The molecule has 92 valence electrons. The topological polar surface area (TPSA) is 35.5 Å². The monoisotopic (exact) mass is 224 g/mol. The van der Waals surface area contributed by atoms with Gasteiger partial charge in [0.25, 0.3) is 0 Å². The van der Waals surface area contributed by atoms with Crippen LogP contribution in [-0.4, -0.2) is 47.8 Å². The minimum Gasteiger partial charge on any atom is -0.393 e. The molecule has 3 aliphatic heterocycles. The van der Waals surface area contributed by atoms with Gasteiger partial charge in [0.1, 0.15) is 0 Å². The van der Waals surface area contributed by atoms with E-state index in [4.69, 9.17) is 0 Å². The number of nitrogens with one attached hydrogen (secondary N) is 1. The second-order valence-electron chi connectivity index (χ2n) is 5.92. The number of aliphatic hydroxyl groups is 1.